The predicted molar refractivity (Wildman–Crippen MR) is 79.4 cm³/mol. The second kappa shape index (κ2) is 8.02. The number of benzene rings is 1. The molecule has 0 aliphatic rings. The predicted octanol–water partition coefficient (Wildman–Crippen LogP) is 1.46. The summed E-state index contributed by atoms with van der Waals surface area (Å²) in [5.74, 6) is -0.583. The molecule has 22 heavy (non-hydrogen) atoms. The van der Waals surface area contributed by atoms with Crippen molar-refractivity contribution in [1.29, 1.82) is 0 Å². The number of carbonyl (C=O) groups is 3. The Morgan fingerprint density at radius 1 is 1.23 bits per heavy atom. The van der Waals surface area contributed by atoms with Crippen molar-refractivity contribution in [3.05, 3.63) is 29.8 Å². The molecule has 0 aromatic heterocycles. The summed E-state index contributed by atoms with van der Waals surface area (Å²) < 4.78 is 10.5. The second-order valence-electron chi connectivity index (χ2n) is 5.13. The van der Waals surface area contributed by atoms with E-state index in [4.69, 9.17) is 15.2 Å². The van der Waals surface area contributed by atoms with E-state index in [1.165, 1.54) is 13.0 Å². The Bertz CT molecular complexity index is 557. The van der Waals surface area contributed by atoms with Gasteiger partial charge in [0.25, 0.3) is 5.91 Å². The van der Waals surface area contributed by atoms with Gasteiger partial charge in [0.2, 0.25) is 0 Å². The summed E-state index contributed by atoms with van der Waals surface area (Å²) in [6.07, 6.45) is -1.14. The van der Waals surface area contributed by atoms with Crippen LogP contribution in [-0.2, 0) is 9.53 Å². The normalized spacial score (nSPS) is 11.6. The van der Waals surface area contributed by atoms with Gasteiger partial charge in [0.15, 0.2) is 6.10 Å². The summed E-state index contributed by atoms with van der Waals surface area (Å²) >= 11 is 0. The van der Waals surface area contributed by atoms with Gasteiger partial charge in [0.1, 0.15) is 5.75 Å². The lowest BCUT2D eigenvalue weighted by molar-refractivity contribution is -0.127. The monoisotopic (exact) mass is 308 g/mol. The first-order valence-corrected chi connectivity index (χ1v) is 6.83. The first kappa shape index (κ1) is 17.5. The number of hydrogen-bond acceptors (Lipinski definition) is 5. The van der Waals surface area contributed by atoms with E-state index in [-0.39, 0.29) is 5.56 Å². The van der Waals surface area contributed by atoms with Gasteiger partial charge in [-0.2, -0.15) is 0 Å². The zero-order valence-corrected chi connectivity index (χ0v) is 12.8. The lowest BCUT2D eigenvalue weighted by Crippen LogP contribution is -2.42. The smallest absolute Gasteiger partial charge is 0.339 e. The number of imide groups is 1. The lowest BCUT2D eigenvalue weighted by atomic mass is 10.2. The van der Waals surface area contributed by atoms with Gasteiger partial charge in [-0.05, 0) is 31.0 Å². The van der Waals surface area contributed by atoms with Crippen LogP contribution >= 0.6 is 0 Å². The minimum absolute atomic E-state index is 0.250. The quantitative estimate of drug-likeness (QED) is 0.774. The van der Waals surface area contributed by atoms with Gasteiger partial charge in [-0.25, -0.2) is 9.59 Å². The maximum Gasteiger partial charge on any atom is 0.339 e. The molecule has 0 aliphatic carbocycles. The molecule has 0 fully saturated rings. The van der Waals surface area contributed by atoms with Gasteiger partial charge in [-0.1, -0.05) is 19.9 Å². The molecule has 0 bridgehead atoms. The van der Waals surface area contributed by atoms with Crippen LogP contribution in [0.1, 0.15) is 31.1 Å². The molecule has 0 saturated carbocycles. The van der Waals surface area contributed by atoms with Crippen molar-refractivity contribution < 1.29 is 23.9 Å². The number of urea groups is 1. The molecule has 1 rings (SSSR count). The molecule has 0 radical (unpaired) electrons. The fourth-order valence-electron chi connectivity index (χ4n) is 1.48. The Morgan fingerprint density at radius 3 is 2.50 bits per heavy atom. The topological polar surface area (TPSA) is 108 Å². The highest BCUT2D eigenvalue weighted by Crippen LogP contribution is 2.15. The molecule has 7 heteroatoms. The van der Waals surface area contributed by atoms with E-state index in [0.717, 1.165) is 0 Å². The van der Waals surface area contributed by atoms with Gasteiger partial charge >= 0.3 is 12.0 Å². The number of nitrogens with one attached hydrogen (secondary N) is 1. The highest BCUT2D eigenvalue weighted by atomic mass is 16.5. The summed E-state index contributed by atoms with van der Waals surface area (Å²) in [6, 6.07) is 5.45. The standard InChI is InChI=1S/C15H20N2O5/c1-9(2)8-21-12-6-4-5-11(7-12)14(19)22-10(3)13(18)17-15(16)20/h4-7,9-10H,8H2,1-3H3,(H3,16,17,18,20)/t10-/m0/s1. The zero-order chi connectivity index (χ0) is 16.7. The third-order valence-corrected chi connectivity index (χ3v) is 2.55. The number of carbonyl (C=O) groups excluding carboxylic acids is 3. The van der Waals surface area contributed by atoms with E-state index >= 15 is 0 Å². The molecule has 0 unspecified atom stereocenters. The number of esters is 1. The molecule has 3 amide bonds. The van der Waals surface area contributed by atoms with E-state index < -0.39 is 24.0 Å². The molecule has 120 valence electrons. The summed E-state index contributed by atoms with van der Waals surface area (Å²) in [7, 11) is 0. The number of primary amides is 1. The number of amides is 3. The maximum absolute atomic E-state index is 12.0. The van der Waals surface area contributed by atoms with Crippen LogP contribution in [0, 0.1) is 5.92 Å². The molecule has 1 aromatic rings. The van der Waals surface area contributed by atoms with Crippen molar-refractivity contribution in [2.45, 2.75) is 26.9 Å². The van der Waals surface area contributed by atoms with E-state index in [9.17, 15) is 14.4 Å². The van der Waals surface area contributed by atoms with Gasteiger partial charge in [-0.15, -0.1) is 0 Å². The fraction of sp³-hybridized carbons (Fsp3) is 0.400. The van der Waals surface area contributed by atoms with Crippen LogP contribution in [0.3, 0.4) is 0 Å². The van der Waals surface area contributed by atoms with Crippen LogP contribution in [0.15, 0.2) is 24.3 Å². The minimum Gasteiger partial charge on any atom is -0.493 e. The summed E-state index contributed by atoms with van der Waals surface area (Å²) in [6.45, 7) is 5.89. The highest BCUT2D eigenvalue weighted by molar-refractivity contribution is 5.98. The zero-order valence-electron chi connectivity index (χ0n) is 12.8. The first-order valence-electron chi connectivity index (χ1n) is 6.83. The Balaban J connectivity index is 2.67. The van der Waals surface area contributed by atoms with Gasteiger partial charge in [-0.3, -0.25) is 10.1 Å². The number of hydrogen-bond donors (Lipinski definition) is 2. The first-order chi connectivity index (χ1) is 10.3. The number of ether oxygens (including phenoxy) is 2. The molecule has 0 spiro atoms. The maximum atomic E-state index is 12.0. The molecular formula is C15H20N2O5. The molecule has 0 heterocycles. The van der Waals surface area contributed by atoms with Crippen LogP contribution in [0.25, 0.3) is 0 Å². The minimum atomic E-state index is -1.14. The van der Waals surface area contributed by atoms with Crippen LogP contribution < -0.4 is 15.8 Å². The van der Waals surface area contributed by atoms with Crippen LogP contribution in [0.2, 0.25) is 0 Å². The van der Waals surface area contributed by atoms with E-state index in [1.54, 1.807) is 18.2 Å². The summed E-state index contributed by atoms with van der Waals surface area (Å²) in [5, 5.41) is 1.84. The number of nitrogens with two attached hydrogens (primary N) is 1. The molecular weight excluding hydrogens is 288 g/mol. The van der Waals surface area contributed by atoms with Crippen molar-refractivity contribution in [2.24, 2.45) is 11.7 Å². The lowest BCUT2D eigenvalue weighted by Gasteiger charge is -2.13. The van der Waals surface area contributed by atoms with Gasteiger partial charge < -0.3 is 15.2 Å². The largest absolute Gasteiger partial charge is 0.493 e. The van der Waals surface area contributed by atoms with Crippen molar-refractivity contribution in [3.8, 4) is 5.75 Å². The third-order valence-electron chi connectivity index (χ3n) is 2.55. The van der Waals surface area contributed by atoms with Gasteiger partial charge in [0.05, 0.1) is 12.2 Å². The number of rotatable bonds is 6. The van der Waals surface area contributed by atoms with Crippen molar-refractivity contribution in [3.63, 3.8) is 0 Å². The van der Waals surface area contributed by atoms with Gasteiger partial charge in [0, 0.05) is 0 Å². The Morgan fingerprint density at radius 2 is 1.91 bits per heavy atom. The van der Waals surface area contributed by atoms with Crippen molar-refractivity contribution in [2.75, 3.05) is 6.61 Å². The molecule has 7 nitrogen and oxygen atoms in total. The molecule has 0 aliphatic heterocycles. The average Bonchev–Trinajstić information content (AvgIpc) is 2.44. The molecule has 1 aromatic carbocycles. The van der Waals surface area contributed by atoms with Crippen LogP contribution in [0.4, 0.5) is 4.79 Å². The second-order valence-corrected chi connectivity index (χ2v) is 5.13. The molecule has 3 N–H and O–H groups in total. The molecule has 0 saturated heterocycles. The Hall–Kier alpha value is -2.57. The summed E-state index contributed by atoms with van der Waals surface area (Å²) in [5.41, 5.74) is 5.07. The fourth-order valence-corrected chi connectivity index (χ4v) is 1.48. The van der Waals surface area contributed by atoms with Crippen molar-refractivity contribution >= 4 is 17.9 Å². The Kier molecular flexibility index (Phi) is 6.37. The average molecular weight is 308 g/mol. The third kappa shape index (κ3) is 5.82. The van der Waals surface area contributed by atoms with E-state index in [0.29, 0.717) is 18.3 Å². The molecule has 1 atom stereocenters. The highest BCUT2D eigenvalue weighted by Gasteiger charge is 2.20. The van der Waals surface area contributed by atoms with Crippen molar-refractivity contribution in [1.82, 2.24) is 5.32 Å². The Labute approximate surface area is 128 Å². The van der Waals surface area contributed by atoms with Crippen LogP contribution in [0.5, 0.6) is 5.75 Å². The van der Waals surface area contributed by atoms with E-state index in [2.05, 4.69) is 0 Å². The SMILES string of the molecule is CC(C)COc1cccc(C(=O)O[C@@H](C)C(=O)NC(N)=O)c1. The van der Waals surface area contributed by atoms with E-state index in [1.807, 2.05) is 19.2 Å². The summed E-state index contributed by atoms with van der Waals surface area (Å²) in [4.78, 5) is 34.0. The van der Waals surface area contributed by atoms with Crippen LogP contribution in [-0.4, -0.2) is 30.6 Å².